The van der Waals surface area contributed by atoms with Gasteiger partial charge in [-0.05, 0) is 57.2 Å². The first-order valence-corrected chi connectivity index (χ1v) is 11.1. The fraction of sp³-hybridized carbons (Fsp3) is 0.192. The molecule has 3 rings (SSSR count). The first kappa shape index (κ1) is 23.4. The highest BCUT2D eigenvalue weighted by Crippen LogP contribution is 2.33. The van der Waals surface area contributed by atoms with Gasteiger partial charge in [0, 0.05) is 18.2 Å². The van der Waals surface area contributed by atoms with Crippen LogP contribution in [0.2, 0.25) is 0 Å². The summed E-state index contributed by atoms with van der Waals surface area (Å²) in [5.74, 6) is 4.24. The van der Waals surface area contributed by atoms with Crippen LogP contribution in [0.3, 0.4) is 0 Å². The van der Waals surface area contributed by atoms with E-state index < -0.39 is 34.1 Å². The number of carbonyl (C=O) groups is 1. The molecule has 0 heterocycles. The Bertz CT molecular complexity index is 1110. The molecule has 0 fully saturated rings. The summed E-state index contributed by atoms with van der Waals surface area (Å²) in [6.07, 6.45) is 0. The van der Waals surface area contributed by atoms with Gasteiger partial charge in [-0.1, -0.05) is 24.1 Å². The Morgan fingerprint density at radius 3 is 2.09 bits per heavy atom. The first-order valence-electron chi connectivity index (χ1n) is 9.91. The maximum atomic E-state index is 13.9. The summed E-state index contributed by atoms with van der Waals surface area (Å²) in [5.41, 5.74) is -0.886. The third kappa shape index (κ3) is 6.35. The van der Waals surface area contributed by atoms with E-state index in [2.05, 4.69) is 11.8 Å². The molecule has 0 saturated heterocycles. The molecule has 0 aliphatic heterocycles. The van der Waals surface area contributed by atoms with Crippen molar-refractivity contribution < 1.29 is 23.0 Å². The van der Waals surface area contributed by atoms with Crippen molar-refractivity contribution in [3.8, 4) is 17.6 Å². The van der Waals surface area contributed by atoms with Crippen molar-refractivity contribution in [3.05, 3.63) is 84.4 Å². The number of carbonyl (C=O) groups excluding carboxylic acids is 1. The van der Waals surface area contributed by atoms with Crippen LogP contribution in [0.25, 0.3) is 0 Å². The van der Waals surface area contributed by atoms with Crippen LogP contribution in [-0.4, -0.2) is 18.2 Å². The Hall–Kier alpha value is -3.30. The van der Waals surface area contributed by atoms with Crippen molar-refractivity contribution in [1.82, 2.24) is 0 Å². The molecule has 32 heavy (non-hydrogen) atoms. The van der Waals surface area contributed by atoms with Gasteiger partial charge in [-0.3, -0.25) is 0 Å². The van der Waals surface area contributed by atoms with Gasteiger partial charge >= 0.3 is 5.97 Å². The molecule has 1 atom stereocenters. The molecule has 3 aromatic rings. The average Bonchev–Trinajstić information content (AvgIpc) is 2.73. The molecular weight excluding hydrogens is 430 g/mol. The van der Waals surface area contributed by atoms with Crippen LogP contribution in [-0.2, 0) is 20.4 Å². The van der Waals surface area contributed by atoms with Gasteiger partial charge in [0.25, 0.3) is 0 Å². The van der Waals surface area contributed by atoms with Gasteiger partial charge in [-0.15, -0.1) is 5.92 Å². The maximum Gasteiger partial charge on any atom is 0.345 e. The fourth-order valence-corrected chi connectivity index (χ4v) is 5.18. The molecule has 0 aliphatic carbocycles. The molecule has 164 valence electrons. The number of benzene rings is 3. The van der Waals surface area contributed by atoms with Crippen molar-refractivity contribution in [2.45, 2.75) is 41.1 Å². The third-order valence-corrected chi connectivity index (χ3v) is 6.46. The molecule has 3 aromatic carbocycles. The lowest BCUT2D eigenvalue weighted by atomic mass is 10.1. The minimum atomic E-state index is -0.886. The van der Waals surface area contributed by atoms with Crippen LogP contribution < -0.4 is 4.74 Å². The molecule has 1 unspecified atom stereocenters. The molecule has 3 nitrogen and oxygen atoms in total. The quantitative estimate of drug-likeness (QED) is 0.258. The van der Waals surface area contributed by atoms with Gasteiger partial charge in [0.05, 0.1) is 10.9 Å². The molecule has 0 aliphatic rings. The predicted octanol–water partition coefficient (Wildman–Crippen LogP) is 5.78. The van der Waals surface area contributed by atoms with Gasteiger partial charge in [0.15, 0.2) is 26.9 Å². The second kappa shape index (κ2) is 10.3. The zero-order valence-corrected chi connectivity index (χ0v) is 18.8. The fourth-order valence-electron chi connectivity index (χ4n) is 3.07. The molecule has 0 bridgehead atoms. The van der Waals surface area contributed by atoms with Gasteiger partial charge in [-0.2, -0.15) is 0 Å². The molecule has 6 heteroatoms. The minimum Gasteiger partial charge on any atom is -0.482 e. The lowest BCUT2D eigenvalue weighted by molar-refractivity contribution is -0.154. The number of hydrogen-bond donors (Lipinski definition) is 0. The van der Waals surface area contributed by atoms with Crippen LogP contribution in [0, 0.1) is 23.5 Å². The van der Waals surface area contributed by atoms with Crippen LogP contribution in [0.4, 0.5) is 8.78 Å². The van der Waals surface area contributed by atoms with Crippen molar-refractivity contribution in [2.75, 3.05) is 6.61 Å². The van der Waals surface area contributed by atoms with Gasteiger partial charge < -0.3 is 9.47 Å². The van der Waals surface area contributed by atoms with Gasteiger partial charge in [0.1, 0.15) is 17.4 Å². The molecule has 0 radical (unpaired) electrons. The van der Waals surface area contributed by atoms with Crippen LogP contribution in [0.5, 0.6) is 5.75 Å². The van der Waals surface area contributed by atoms with E-state index in [1.54, 1.807) is 32.9 Å². The molecular formula is C26H23F2O3S+. The number of hydrogen-bond acceptors (Lipinski definition) is 3. The summed E-state index contributed by atoms with van der Waals surface area (Å²) in [5, 5.41) is 0. The summed E-state index contributed by atoms with van der Waals surface area (Å²) in [6, 6.07) is 20.2. The topological polar surface area (TPSA) is 35.5 Å². The van der Waals surface area contributed by atoms with E-state index in [9.17, 15) is 13.6 Å². The van der Waals surface area contributed by atoms with Crippen molar-refractivity contribution >= 4 is 16.9 Å². The van der Waals surface area contributed by atoms with E-state index in [1.165, 1.54) is 12.1 Å². The highest BCUT2D eigenvalue weighted by molar-refractivity contribution is 7.97. The minimum absolute atomic E-state index is 0.256. The van der Waals surface area contributed by atoms with Crippen molar-refractivity contribution in [3.63, 3.8) is 0 Å². The molecule has 0 N–H and O–H groups in total. The van der Waals surface area contributed by atoms with E-state index in [4.69, 9.17) is 9.47 Å². The van der Waals surface area contributed by atoms with E-state index >= 15 is 0 Å². The lowest BCUT2D eigenvalue weighted by Crippen LogP contribution is -2.29. The molecule has 0 aromatic heterocycles. The van der Waals surface area contributed by atoms with E-state index in [0.29, 0.717) is 10.6 Å². The van der Waals surface area contributed by atoms with E-state index in [-0.39, 0.29) is 6.61 Å². The lowest BCUT2D eigenvalue weighted by Gasteiger charge is -2.18. The summed E-state index contributed by atoms with van der Waals surface area (Å²) in [4.78, 5) is 14.3. The number of rotatable bonds is 7. The summed E-state index contributed by atoms with van der Waals surface area (Å²) >= 11 is 0. The van der Waals surface area contributed by atoms with Crippen molar-refractivity contribution in [2.24, 2.45) is 0 Å². The second-order valence-electron chi connectivity index (χ2n) is 7.34. The number of esters is 1. The van der Waals surface area contributed by atoms with Crippen LogP contribution in [0.15, 0.2) is 87.5 Å². The summed E-state index contributed by atoms with van der Waals surface area (Å²) in [7, 11) is -0.714. The monoisotopic (exact) mass is 453 g/mol. The maximum absolute atomic E-state index is 13.9. The van der Waals surface area contributed by atoms with Crippen LogP contribution >= 0.6 is 0 Å². The number of ether oxygens (including phenoxy) is 2. The third-order valence-electron chi connectivity index (χ3n) is 4.26. The largest absolute Gasteiger partial charge is 0.482 e. The van der Waals surface area contributed by atoms with E-state index in [0.717, 1.165) is 15.9 Å². The summed E-state index contributed by atoms with van der Waals surface area (Å²) < 4.78 is 38.7. The standard InChI is InChI=1S/C26H23F2O3S/c1-4-14-26(2,3)31-25(29)18-30-21-10-12-23(13-11-21)32(22-8-6-5-7-9-22)24-16-19(27)15-20(28)17-24/h5-13,15-17H,18H2,1-3H3/q+1. The van der Waals surface area contributed by atoms with E-state index in [1.807, 2.05) is 42.5 Å². The average molecular weight is 454 g/mol. The Morgan fingerprint density at radius 2 is 1.50 bits per heavy atom. The van der Waals surface area contributed by atoms with Gasteiger partial charge in [0.2, 0.25) is 0 Å². The number of halogens is 2. The zero-order chi connectivity index (χ0) is 23.1. The first-order chi connectivity index (χ1) is 15.3. The smallest absolute Gasteiger partial charge is 0.345 e. The zero-order valence-electron chi connectivity index (χ0n) is 18.0. The Kier molecular flexibility index (Phi) is 7.55. The Labute approximate surface area is 189 Å². The molecule has 0 saturated carbocycles. The normalized spacial score (nSPS) is 11.8. The Morgan fingerprint density at radius 1 is 0.906 bits per heavy atom. The molecule has 0 amide bonds. The van der Waals surface area contributed by atoms with Crippen LogP contribution in [0.1, 0.15) is 20.8 Å². The second-order valence-corrected chi connectivity index (χ2v) is 9.37. The van der Waals surface area contributed by atoms with Crippen molar-refractivity contribution in [1.29, 1.82) is 0 Å². The highest BCUT2D eigenvalue weighted by atomic mass is 32.2. The predicted molar refractivity (Wildman–Crippen MR) is 121 cm³/mol. The Balaban J connectivity index is 1.79. The molecule has 0 spiro atoms. The van der Waals surface area contributed by atoms with Gasteiger partial charge in [-0.25, -0.2) is 13.6 Å². The highest BCUT2D eigenvalue weighted by Gasteiger charge is 2.30. The summed E-state index contributed by atoms with van der Waals surface area (Å²) in [6.45, 7) is 4.83. The SMILES string of the molecule is CC#CC(C)(C)OC(=O)COc1ccc([S+](c2ccccc2)c2cc(F)cc(F)c2)cc1.